The van der Waals surface area contributed by atoms with Crippen molar-refractivity contribution in [1.82, 2.24) is 4.31 Å². The van der Waals surface area contributed by atoms with Gasteiger partial charge >= 0.3 is 0 Å². The monoisotopic (exact) mass is 420 g/mol. The van der Waals surface area contributed by atoms with Crippen LogP contribution in [-0.4, -0.2) is 44.9 Å². The van der Waals surface area contributed by atoms with Crippen molar-refractivity contribution < 1.29 is 17.9 Å². The fourth-order valence-corrected chi connectivity index (χ4v) is 4.71. The molecule has 1 saturated heterocycles. The number of amides is 1. The second-order valence-corrected chi connectivity index (χ2v) is 8.72. The molecule has 2 aromatic carbocycles. The van der Waals surface area contributed by atoms with Crippen molar-refractivity contribution in [3.05, 3.63) is 64.7 Å². The van der Waals surface area contributed by atoms with Gasteiger partial charge in [-0.2, -0.15) is 4.31 Å². The summed E-state index contributed by atoms with van der Waals surface area (Å²) < 4.78 is 32.5. The first-order valence-electron chi connectivity index (χ1n) is 8.79. The number of morpholine rings is 1. The van der Waals surface area contributed by atoms with Crippen LogP contribution in [0.1, 0.15) is 11.1 Å². The number of ether oxygens (including phenoxy) is 1. The van der Waals surface area contributed by atoms with Gasteiger partial charge < -0.3 is 10.1 Å². The summed E-state index contributed by atoms with van der Waals surface area (Å²) in [5.74, 6) is -0.362. The van der Waals surface area contributed by atoms with Crippen LogP contribution >= 0.6 is 11.6 Å². The fraction of sp³-hybridized carbons (Fsp3) is 0.250. The van der Waals surface area contributed by atoms with E-state index in [4.69, 9.17) is 16.3 Å². The van der Waals surface area contributed by atoms with Crippen LogP contribution in [0.25, 0.3) is 6.08 Å². The second kappa shape index (κ2) is 8.87. The third-order valence-corrected chi connectivity index (χ3v) is 6.60. The van der Waals surface area contributed by atoms with Gasteiger partial charge in [-0.1, -0.05) is 29.8 Å². The van der Waals surface area contributed by atoms with Gasteiger partial charge in [0, 0.05) is 29.9 Å². The van der Waals surface area contributed by atoms with E-state index < -0.39 is 10.0 Å². The molecule has 148 valence electrons. The van der Waals surface area contributed by atoms with E-state index in [-0.39, 0.29) is 10.8 Å². The van der Waals surface area contributed by atoms with Crippen molar-refractivity contribution in [1.29, 1.82) is 0 Å². The maximum atomic E-state index is 12.9. The molecule has 6 nitrogen and oxygen atoms in total. The maximum absolute atomic E-state index is 12.9. The summed E-state index contributed by atoms with van der Waals surface area (Å²) in [5, 5.41) is 3.29. The van der Waals surface area contributed by atoms with Gasteiger partial charge in [-0.15, -0.1) is 0 Å². The Morgan fingerprint density at radius 1 is 1.18 bits per heavy atom. The Bertz CT molecular complexity index is 999. The predicted molar refractivity (Wildman–Crippen MR) is 110 cm³/mol. The van der Waals surface area contributed by atoms with Gasteiger partial charge in [0.1, 0.15) is 0 Å². The summed E-state index contributed by atoms with van der Waals surface area (Å²) in [4.78, 5) is 12.4. The molecule has 0 aromatic heterocycles. The number of nitrogens with zero attached hydrogens (tertiary/aromatic N) is 1. The predicted octanol–water partition coefficient (Wildman–Crippen LogP) is 3.32. The van der Waals surface area contributed by atoms with Gasteiger partial charge in [0.05, 0.1) is 18.1 Å². The van der Waals surface area contributed by atoms with E-state index >= 15 is 0 Å². The Labute approximate surface area is 169 Å². The highest BCUT2D eigenvalue weighted by Crippen LogP contribution is 2.24. The summed E-state index contributed by atoms with van der Waals surface area (Å²) in [5.41, 5.74) is 1.83. The van der Waals surface area contributed by atoms with Gasteiger partial charge in [0.15, 0.2) is 0 Å². The number of nitrogens with one attached hydrogen (secondary N) is 1. The van der Waals surface area contributed by atoms with Crippen LogP contribution in [0.2, 0.25) is 5.02 Å². The largest absolute Gasteiger partial charge is 0.379 e. The van der Waals surface area contributed by atoms with Crippen molar-refractivity contribution in [2.24, 2.45) is 0 Å². The highest BCUT2D eigenvalue weighted by atomic mass is 35.5. The summed E-state index contributed by atoms with van der Waals surface area (Å²) >= 11 is 5.93. The lowest BCUT2D eigenvalue weighted by atomic mass is 10.2. The number of benzene rings is 2. The van der Waals surface area contributed by atoms with Crippen LogP contribution in [0.4, 0.5) is 5.69 Å². The Morgan fingerprint density at radius 3 is 2.64 bits per heavy atom. The van der Waals surface area contributed by atoms with E-state index in [1.165, 1.54) is 16.4 Å². The average Bonchev–Trinajstić information content (AvgIpc) is 2.68. The molecule has 0 bridgehead atoms. The molecule has 0 atom stereocenters. The number of hydrogen-bond donors (Lipinski definition) is 1. The van der Waals surface area contributed by atoms with Crippen LogP contribution < -0.4 is 5.32 Å². The molecule has 1 heterocycles. The highest BCUT2D eigenvalue weighted by Gasteiger charge is 2.28. The minimum absolute atomic E-state index is 0.186. The van der Waals surface area contributed by atoms with E-state index in [1.54, 1.807) is 43.3 Å². The molecule has 1 aliphatic heterocycles. The highest BCUT2D eigenvalue weighted by molar-refractivity contribution is 7.89. The molecular weight excluding hydrogens is 400 g/mol. The lowest BCUT2D eigenvalue weighted by molar-refractivity contribution is -0.111. The fourth-order valence-electron chi connectivity index (χ4n) is 2.85. The molecule has 8 heteroatoms. The molecule has 0 radical (unpaired) electrons. The molecule has 3 rings (SSSR count). The SMILES string of the molecule is Cc1ccc(NC(=O)/C=C/c2cccc(Cl)c2)cc1S(=O)(=O)N1CCOCC1. The summed E-state index contributed by atoms with van der Waals surface area (Å²) in [6.45, 7) is 3.13. The molecule has 0 aliphatic carbocycles. The number of sulfonamides is 1. The molecule has 1 N–H and O–H groups in total. The van der Waals surface area contributed by atoms with E-state index in [1.807, 2.05) is 6.07 Å². The van der Waals surface area contributed by atoms with Gasteiger partial charge in [0.25, 0.3) is 0 Å². The third-order valence-electron chi connectivity index (χ3n) is 4.32. The number of rotatable bonds is 5. The Morgan fingerprint density at radius 2 is 1.93 bits per heavy atom. The normalized spacial score (nSPS) is 15.6. The summed E-state index contributed by atoms with van der Waals surface area (Å²) in [6, 6.07) is 12.0. The smallest absolute Gasteiger partial charge is 0.248 e. The number of carbonyl (C=O) groups is 1. The van der Waals surface area contributed by atoms with Crippen molar-refractivity contribution in [3.63, 3.8) is 0 Å². The molecule has 1 aliphatic rings. The van der Waals surface area contributed by atoms with Crippen molar-refractivity contribution in [2.45, 2.75) is 11.8 Å². The first kappa shape index (κ1) is 20.5. The zero-order valence-corrected chi connectivity index (χ0v) is 17.0. The van der Waals surface area contributed by atoms with Crippen LogP contribution in [0.15, 0.2) is 53.4 Å². The quantitative estimate of drug-likeness (QED) is 0.753. The molecule has 0 spiro atoms. The Hall–Kier alpha value is -2.19. The van der Waals surface area contributed by atoms with Gasteiger partial charge in [-0.25, -0.2) is 8.42 Å². The number of hydrogen-bond acceptors (Lipinski definition) is 4. The Kier molecular flexibility index (Phi) is 6.51. The van der Waals surface area contributed by atoms with Crippen LogP contribution in [0, 0.1) is 6.92 Å². The van der Waals surface area contributed by atoms with Crippen LogP contribution in [-0.2, 0) is 19.6 Å². The van der Waals surface area contributed by atoms with Crippen molar-refractivity contribution in [3.8, 4) is 0 Å². The van der Waals surface area contributed by atoms with E-state index in [0.29, 0.717) is 42.6 Å². The zero-order chi connectivity index (χ0) is 20.1. The molecule has 1 amide bonds. The minimum Gasteiger partial charge on any atom is -0.379 e. The Balaban J connectivity index is 1.76. The van der Waals surface area contributed by atoms with Crippen molar-refractivity contribution in [2.75, 3.05) is 31.6 Å². The topological polar surface area (TPSA) is 75.7 Å². The molecule has 28 heavy (non-hydrogen) atoms. The molecular formula is C20H21ClN2O4S. The van der Waals surface area contributed by atoms with Crippen LogP contribution in [0.3, 0.4) is 0 Å². The van der Waals surface area contributed by atoms with Crippen molar-refractivity contribution >= 4 is 39.3 Å². The van der Waals surface area contributed by atoms with Gasteiger partial charge in [0.2, 0.25) is 15.9 Å². The summed E-state index contributed by atoms with van der Waals surface area (Å²) in [7, 11) is -3.64. The van der Waals surface area contributed by atoms with Gasteiger partial charge in [-0.3, -0.25) is 4.79 Å². The lowest BCUT2D eigenvalue weighted by Crippen LogP contribution is -2.40. The van der Waals surface area contributed by atoms with E-state index in [9.17, 15) is 13.2 Å². The number of carbonyl (C=O) groups excluding carboxylic acids is 1. The van der Waals surface area contributed by atoms with Gasteiger partial charge in [-0.05, 0) is 48.4 Å². The minimum atomic E-state index is -3.64. The maximum Gasteiger partial charge on any atom is 0.248 e. The number of aryl methyl sites for hydroxylation is 1. The van der Waals surface area contributed by atoms with E-state index in [2.05, 4.69) is 5.32 Å². The summed E-state index contributed by atoms with van der Waals surface area (Å²) in [6.07, 6.45) is 3.02. The number of anilines is 1. The standard InChI is InChI=1S/C20H21ClN2O4S/c1-15-5-7-18(14-19(15)28(25,26)23-9-11-27-12-10-23)22-20(24)8-6-16-3-2-4-17(21)13-16/h2-8,13-14H,9-12H2,1H3,(H,22,24)/b8-6+. The average molecular weight is 421 g/mol. The third kappa shape index (κ3) is 4.99. The second-order valence-electron chi connectivity index (χ2n) is 6.37. The molecule has 2 aromatic rings. The molecule has 1 fully saturated rings. The first-order valence-corrected chi connectivity index (χ1v) is 10.6. The first-order chi connectivity index (χ1) is 13.4. The van der Waals surface area contributed by atoms with E-state index in [0.717, 1.165) is 5.56 Å². The van der Waals surface area contributed by atoms with Crippen LogP contribution in [0.5, 0.6) is 0 Å². The molecule has 0 unspecified atom stereocenters. The lowest BCUT2D eigenvalue weighted by Gasteiger charge is -2.26. The number of halogens is 1. The zero-order valence-electron chi connectivity index (χ0n) is 15.4. The molecule has 0 saturated carbocycles.